The Morgan fingerprint density at radius 1 is 1.00 bits per heavy atom. The number of hydrogen-bond donors (Lipinski definition) is 0. The van der Waals surface area contributed by atoms with Gasteiger partial charge in [0.05, 0.1) is 0 Å². The van der Waals surface area contributed by atoms with E-state index in [1.54, 1.807) is 24.2 Å². The van der Waals surface area contributed by atoms with E-state index < -0.39 is 0 Å². The fourth-order valence-corrected chi connectivity index (χ4v) is 3.64. The molecule has 5 nitrogen and oxygen atoms in total. The van der Waals surface area contributed by atoms with Gasteiger partial charge < -0.3 is 4.90 Å². The van der Waals surface area contributed by atoms with E-state index in [1.807, 2.05) is 64.1 Å². The lowest BCUT2D eigenvalue weighted by molar-refractivity contribution is -0.118. The number of pyridine rings is 2. The highest BCUT2D eigenvalue weighted by Gasteiger charge is 2.13. The second-order valence-electron chi connectivity index (χ2n) is 7.86. The molecule has 0 aliphatic rings. The minimum atomic E-state index is 0.0262. The summed E-state index contributed by atoms with van der Waals surface area (Å²) >= 11 is 0. The number of carbonyl (C=O) groups excluding carboxylic acids is 2. The quantitative estimate of drug-likeness (QED) is 0.494. The average molecular weight is 416 g/mol. The molecule has 0 saturated heterocycles. The van der Waals surface area contributed by atoms with E-state index in [4.69, 9.17) is 0 Å². The minimum absolute atomic E-state index is 0.0262. The van der Waals surface area contributed by atoms with Gasteiger partial charge in [0.15, 0.2) is 5.78 Å². The van der Waals surface area contributed by atoms with Crippen molar-refractivity contribution >= 4 is 17.4 Å². The van der Waals surface area contributed by atoms with Crippen molar-refractivity contribution < 1.29 is 9.59 Å². The third kappa shape index (κ3) is 5.23. The Morgan fingerprint density at radius 3 is 2.39 bits per heavy atom. The molecule has 0 unspecified atom stereocenters. The topological polar surface area (TPSA) is 63.2 Å². The maximum atomic E-state index is 12.6. The second-order valence-corrected chi connectivity index (χ2v) is 7.86. The van der Waals surface area contributed by atoms with Crippen molar-refractivity contribution in [2.75, 3.05) is 11.9 Å². The lowest BCUT2D eigenvalue weighted by atomic mass is 10.00. The maximum Gasteiger partial charge on any atom is 0.226 e. The molecule has 2 heterocycles. The summed E-state index contributed by atoms with van der Waals surface area (Å²) in [5, 5.41) is 0. The first-order valence-electron chi connectivity index (χ1n) is 10.6. The average Bonchev–Trinajstić information content (AvgIpc) is 2.77. The summed E-state index contributed by atoms with van der Waals surface area (Å²) in [5.74, 6) is 0.103. The Kier molecular flexibility index (Phi) is 6.95. The molecule has 0 N–H and O–H groups in total. The zero-order chi connectivity index (χ0) is 22.5. The highest BCUT2D eigenvalue weighted by molar-refractivity contribution is 5.95. The van der Waals surface area contributed by atoms with Crippen molar-refractivity contribution in [3.8, 4) is 11.1 Å². The molecule has 2 aromatic heterocycles. The fourth-order valence-electron chi connectivity index (χ4n) is 3.64. The van der Waals surface area contributed by atoms with E-state index in [2.05, 4.69) is 9.97 Å². The molecule has 0 aliphatic carbocycles. The van der Waals surface area contributed by atoms with E-state index in [1.165, 1.54) is 0 Å². The molecule has 160 valence electrons. The molecule has 0 saturated carbocycles. The summed E-state index contributed by atoms with van der Waals surface area (Å²) in [6.45, 7) is 7.81. The van der Waals surface area contributed by atoms with Gasteiger partial charge in [0.1, 0.15) is 5.69 Å². The molecule has 31 heavy (non-hydrogen) atoms. The minimum Gasteiger partial charge on any atom is -0.316 e. The Hall–Kier alpha value is -3.34. The Labute approximate surface area is 184 Å². The van der Waals surface area contributed by atoms with Crippen LogP contribution in [0.5, 0.6) is 0 Å². The summed E-state index contributed by atoms with van der Waals surface area (Å²) in [5.41, 5.74) is 7.43. The van der Waals surface area contributed by atoms with Crippen LogP contribution in [0.3, 0.4) is 0 Å². The predicted octanol–water partition coefficient (Wildman–Crippen LogP) is 5.26. The molecule has 0 radical (unpaired) electrons. The van der Waals surface area contributed by atoms with Crippen molar-refractivity contribution in [2.45, 2.75) is 47.0 Å². The first-order valence-corrected chi connectivity index (χ1v) is 10.6. The fraction of sp³-hybridized carbons (Fsp3) is 0.308. The Morgan fingerprint density at radius 2 is 1.77 bits per heavy atom. The molecular formula is C26H29N3O2. The van der Waals surface area contributed by atoms with Crippen LogP contribution in [-0.4, -0.2) is 28.7 Å². The summed E-state index contributed by atoms with van der Waals surface area (Å²) < 4.78 is 0. The van der Waals surface area contributed by atoms with Crippen LogP contribution in [0.4, 0.5) is 5.69 Å². The number of aromatic nitrogens is 2. The van der Waals surface area contributed by atoms with Crippen molar-refractivity contribution in [3.63, 3.8) is 0 Å². The van der Waals surface area contributed by atoms with Gasteiger partial charge in [0.25, 0.3) is 0 Å². The van der Waals surface area contributed by atoms with Gasteiger partial charge in [-0.3, -0.25) is 19.6 Å². The van der Waals surface area contributed by atoms with Gasteiger partial charge in [-0.15, -0.1) is 0 Å². The normalized spacial score (nSPS) is 10.7. The van der Waals surface area contributed by atoms with Crippen LogP contribution in [0, 0.1) is 20.8 Å². The molecule has 1 aromatic carbocycles. The second kappa shape index (κ2) is 9.65. The van der Waals surface area contributed by atoms with E-state index in [0.717, 1.165) is 39.3 Å². The van der Waals surface area contributed by atoms with Crippen molar-refractivity contribution in [1.29, 1.82) is 0 Å². The van der Waals surface area contributed by atoms with Gasteiger partial charge in [-0.2, -0.15) is 0 Å². The van der Waals surface area contributed by atoms with Crippen LogP contribution in [0.15, 0.2) is 48.7 Å². The SMILES string of the molecule is CCC(=O)N(C)c1ccc(-c2ccc(C(=O)CCc3ccc(C)nc3C)nc2)c(C)c1. The van der Waals surface area contributed by atoms with Gasteiger partial charge in [-0.1, -0.05) is 25.1 Å². The summed E-state index contributed by atoms with van der Waals surface area (Å²) in [7, 11) is 1.79. The number of amides is 1. The molecule has 1 amide bonds. The number of rotatable bonds is 7. The number of ketones is 1. The molecule has 0 atom stereocenters. The van der Waals surface area contributed by atoms with Gasteiger partial charge >= 0.3 is 0 Å². The number of anilines is 1. The number of hydrogen-bond acceptors (Lipinski definition) is 4. The van der Waals surface area contributed by atoms with Crippen molar-refractivity contribution in [3.05, 3.63) is 76.9 Å². The van der Waals surface area contributed by atoms with Crippen LogP contribution < -0.4 is 4.90 Å². The highest BCUT2D eigenvalue weighted by Crippen LogP contribution is 2.27. The zero-order valence-electron chi connectivity index (χ0n) is 18.9. The van der Waals surface area contributed by atoms with Crippen LogP contribution >= 0.6 is 0 Å². The third-order valence-electron chi connectivity index (χ3n) is 5.59. The van der Waals surface area contributed by atoms with Crippen LogP contribution in [-0.2, 0) is 11.2 Å². The van der Waals surface area contributed by atoms with Gasteiger partial charge in [0.2, 0.25) is 5.91 Å². The lowest BCUT2D eigenvalue weighted by Gasteiger charge is -2.18. The van der Waals surface area contributed by atoms with Gasteiger partial charge in [-0.25, -0.2) is 0 Å². The molecule has 3 aromatic rings. The molecule has 3 rings (SSSR count). The Balaban J connectivity index is 1.70. The standard InChI is InChI=1S/C26H29N3O2/c1-6-26(31)29(5)22-11-12-23(17(2)15-22)21-9-13-24(27-16-21)25(30)14-10-20-8-7-18(3)28-19(20)4/h7-9,11-13,15-16H,6,10,14H2,1-5H3. The summed E-state index contributed by atoms with van der Waals surface area (Å²) in [6, 6.07) is 13.7. The number of aryl methyl sites for hydroxylation is 4. The summed E-state index contributed by atoms with van der Waals surface area (Å²) in [4.78, 5) is 35.1. The third-order valence-corrected chi connectivity index (χ3v) is 5.59. The molecule has 0 aliphatic heterocycles. The molecular weight excluding hydrogens is 386 g/mol. The number of nitrogens with zero attached hydrogens (tertiary/aromatic N) is 3. The largest absolute Gasteiger partial charge is 0.316 e. The van der Waals surface area contributed by atoms with Crippen LogP contribution in [0.2, 0.25) is 0 Å². The summed E-state index contributed by atoms with van der Waals surface area (Å²) in [6.07, 6.45) is 3.28. The van der Waals surface area contributed by atoms with E-state index >= 15 is 0 Å². The van der Waals surface area contributed by atoms with Crippen LogP contribution in [0.25, 0.3) is 11.1 Å². The molecule has 0 bridgehead atoms. The lowest BCUT2D eigenvalue weighted by Crippen LogP contribution is -2.25. The number of carbonyl (C=O) groups is 2. The number of Topliss-reactive ketones (excluding diaryl/α,β-unsaturated/α-hetero) is 1. The monoisotopic (exact) mass is 415 g/mol. The van der Waals surface area contributed by atoms with Gasteiger partial charge in [0, 0.05) is 48.7 Å². The van der Waals surface area contributed by atoms with Crippen LogP contribution in [0.1, 0.15) is 52.8 Å². The van der Waals surface area contributed by atoms with Crippen molar-refractivity contribution in [2.24, 2.45) is 0 Å². The maximum absolute atomic E-state index is 12.6. The van der Waals surface area contributed by atoms with Crippen molar-refractivity contribution in [1.82, 2.24) is 9.97 Å². The first-order chi connectivity index (χ1) is 14.8. The van der Waals surface area contributed by atoms with E-state index in [0.29, 0.717) is 25.0 Å². The Bertz CT molecular complexity index is 1100. The molecule has 0 spiro atoms. The molecule has 0 fully saturated rings. The predicted molar refractivity (Wildman–Crippen MR) is 124 cm³/mol. The zero-order valence-corrected chi connectivity index (χ0v) is 18.9. The number of benzene rings is 1. The molecule has 5 heteroatoms. The highest BCUT2D eigenvalue weighted by atomic mass is 16.2. The first kappa shape index (κ1) is 22.3. The van der Waals surface area contributed by atoms with E-state index in [9.17, 15) is 9.59 Å². The van der Waals surface area contributed by atoms with E-state index in [-0.39, 0.29) is 11.7 Å². The van der Waals surface area contributed by atoms with Gasteiger partial charge in [-0.05, 0) is 68.1 Å². The smallest absolute Gasteiger partial charge is 0.226 e.